The molecular weight excluding hydrogens is 324 g/mol. The highest BCUT2D eigenvalue weighted by Crippen LogP contribution is 2.40. The number of carbonyl (C=O) groups excluding carboxylic acids is 1. The van der Waals surface area contributed by atoms with Gasteiger partial charge in [0.1, 0.15) is 0 Å². The van der Waals surface area contributed by atoms with Crippen LogP contribution in [0.25, 0.3) is 0 Å². The van der Waals surface area contributed by atoms with Crippen molar-refractivity contribution < 1.29 is 9.90 Å². The summed E-state index contributed by atoms with van der Waals surface area (Å²) in [6, 6.07) is 18.5. The third-order valence-electron chi connectivity index (χ3n) is 3.98. The van der Waals surface area contributed by atoms with Gasteiger partial charge >= 0.3 is 0 Å². The maximum Gasteiger partial charge on any atom is 0.276 e. The van der Waals surface area contributed by atoms with Gasteiger partial charge in [-0.05, 0) is 29.9 Å². The highest BCUT2D eigenvalue weighted by atomic mass is 32.1. The predicted octanol–water partition coefficient (Wildman–Crippen LogP) is 1.19. The zero-order valence-corrected chi connectivity index (χ0v) is 13.7. The van der Waals surface area contributed by atoms with Crippen molar-refractivity contribution >= 4 is 28.9 Å². The van der Waals surface area contributed by atoms with Crippen molar-refractivity contribution in [1.82, 2.24) is 10.9 Å². The first-order valence-electron chi connectivity index (χ1n) is 7.50. The fourth-order valence-electron chi connectivity index (χ4n) is 2.90. The summed E-state index contributed by atoms with van der Waals surface area (Å²) in [6.45, 7) is 0. The van der Waals surface area contributed by atoms with E-state index in [0.717, 1.165) is 5.56 Å². The Morgan fingerprint density at radius 3 is 2.33 bits per heavy atom. The molecule has 1 aliphatic heterocycles. The predicted molar refractivity (Wildman–Crippen MR) is 95.7 cm³/mol. The minimum Gasteiger partial charge on any atom is -0.375 e. The van der Waals surface area contributed by atoms with Gasteiger partial charge in [0.15, 0.2) is 5.11 Å². The molecular formula is C17H18N4O2S. The lowest BCUT2D eigenvalue weighted by atomic mass is 10.0. The van der Waals surface area contributed by atoms with E-state index in [-0.39, 0.29) is 17.6 Å². The lowest BCUT2D eigenvalue weighted by molar-refractivity contribution is -0.137. The molecule has 2 aromatic carbocycles. The van der Waals surface area contributed by atoms with E-state index >= 15 is 0 Å². The summed E-state index contributed by atoms with van der Waals surface area (Å²) < 4.78 is 0. The van der Waals surface area contributed by atoms with Gasteiger partial charge in [0, 0.05) is 12.1 Å². The molecule has 2 atom stereocenters. The minimum atomic E-state index is -1.81. The summed E-state index contributed by atoms with van der Waals surface area (Å²) in [6.07, 6.45) is 0.153. The van der Waals surface area contributed by atoms with Gasteiger partial charge in [-0.2, -0.15) is 5.43 Å². The Morgan fingerprint density at radius 2 is 1.75 bits per heavy atom. The topological polar surface area (TPSA) is 90.6 Å². The summed E-state index contributed by atoms with van der Waals surface area (Å²) in [5.74, 6) is -0.466. The molecule has 1 aliphatic rings. The zero-order chi connectivity index (χ0) is 17.2. The second-order valence-corrected chi connectivity index (χ2v) is 6.06. The van der Waals surface area contributed by atoms with E-state index in [1.165, 1.54) is 0 Å². The highest BCUT2D eigenvalue weighted by molar-refractivity contribution is 7.80. The second kappa shape index (κ2) is 6.56. The van der Waals surface area contributed by atoms with E-state index < -0.39 is 11.6 Å². The van der Waals surface area contributed by atoms with Crippen molar-refractivity contribution in [2.24, 2.45) is 5.73 Å². The second-order valence-electron chi connectivity index (χ2n) is 5.62. The molecule has 0 bridgehead atoms. The van der Waals surface area contributed by atoms with Crippen LogP contribution in [-0.2, 0) is 4.79 Å². The first kappa shape index (κ1) is 16.4. The summed E-state index contributed by atoms with van der Waals surface area (Å²) in [7, 11) is 0. The number of nitrogens with two attached hydrogens (primary N) is 1. The number of nitrogens with zero attached hydrogens (tertiary/aromatic N) is 1. The summed E-state index contributed by atoms with van der Waals surface area (Å²) in [5.41, 5.74) is 10.2. The fourth-order valence-corrected chi connectivity index (χ4v) is 2.95. The van der Waals surface area contributed by atoms with Crippen LogP contribution in [0.2, 0.25) is 0 Å². The van der Waals surface area contributed by atoms with Crippen LogP contribution in [0.5, 0.6) is 0 Å². The maximum atomic E-state index is 12.9. The van der Waals surface area contributed by atoms with E-state index in [1.807, 2.05) is 60.7 Å². The monoisotopic (exact) mass is 342 g/mol. The van der Waals surface area contributed by atoms with Crippen molar-refractivity contribution in [3.8, 4) is 0 Å². The molecule has 0 aliphatic carbocycles. The quantitative estimate of drug-likeness (QED) is 0.379. The smallest absolute Gasteiger partial charge is 0.276 e. The lowest BCUT2D eigenvalue weighted by Gasteiger charge is -2.25. The van der Waals surface area contributed by atoms with E-state index in [1.54, 1.807) is 4.90 Å². The molecule has 1 fully saturated rings. The Labute approximate surface area is 145 Å². The summed E-state index contributed by atoms with van der Waals surface area (Å²) in [4.78, 5) is 14.5. The molecule has 24 heavy (non-hydrogen) atoms. The van der Waals surface area contributed by atoms with Crippen LogP contribution in [0.1, 0.15) is 18.0 Å². The first-order valence-corrected chi connectivity index (χ1v) is 7.91. The van der Waals surface area contributed by atoms with E-state index in [2.05, 4.69) is 10.9 Å². The number of benzene rings is 2. The number of anilines is 1. The minimum absolute atomic E-state index is 0.0503. The highest BCUT2D eigenvalue weighted by Gasteiger charge is 2.52. The molecule has 124 valence electrons. The van der Waals surface area contributed by atoms with Crippen molar-refractivity contribution in [3.63, 3.8) is 0 Å². The molecule has 7 heteroatoms. The SMILES string of the molecule is NC(=S)NN[C@@]1(O)C[C@@H](c2ccccc2)N(c2ccccc2)C1=O. The van der Waals surface area contributed by atoms with Gasteiger partial charge < -0.3 is 15.7 Å². The van der Waals surface area contributed by atoms with Crippen LogP contribution in [0.15, 0.2) is 60.7 Å². The number of thiocarbonyl (C=S) groups is 1. The number of hydrogen-bond acceptors (Lipinski definition) is 4. The van der Waals surface area contributed by atoms with Crippen LogP contribution in [-0.4, -0.2) is 21.9 Å². The molecule has 1 heterocycles. The van der Waals surface area contributed by atoms with E-state index in [9.17, 15) is 9.90 Å². The summed E-state index contributed by atoms with van der Waals surface area (Å²) >= 11 is 4.73. The van der Waals surface area contributed by atoms with Crippen molar-refractivity contribution in [1.29, 1.82) is 0 Å². The van der Waals surface area contributed by atoms with Crippen LogP contribution in [0.3, 0.4) is 0 Å². The molecule has 5 N–H and O–H groups in total. The molecule has 2 aromatic rings. The molecule has 0 radical (unpaired) electrons. The molecule has 6 nitrogen and oxygen atoms in total. The number of hydrazine groups is 1. The molecule has 1 amide bonds. The Hall–Kier alpha value is -2.48. The van der Waals surface area contributed by atoms with Gasteiger partial charge in [0.2, 0.25) is 5.72 Å². The van der Waals surface area contributed by atoms with Gasteiger partial charge in [0.25, 0.3) is 5.91 Å². The van der Waals surface area contributed by atoms with Crippen molar-refractivity contribution in [3.05, 3.63) is 66.2 Å². The number of para-hydroxylation sites is 1. The Kier molecular flexibility index (Phi) is 4.48. The average Bonchev–Trinajstić information content (AvgIpc) is 2.87. The molecule has 1 saturated heterocycles. The molecule has 0 spiro atoms. The van der Waals surface area contributed by atoms with Crippen LogP contribution >= 0.6 is 12.2 Å². The van der Waals surface area contributed by atoms with Crippen LogP contribution < -0.4 is 21.5 Å². The van der Waals surface area contributed by atoms with Gasteiger partial charge in [-0.15, -0.1) is 0 Å². The van der Waals surface area contributed by atoms with Crippen LogP contribution in [0.4, 0.5) is 5.69 Å². The van der Waals surface area contributed by atoms with E-state index in [0.29, 0.717) is 5.69 Å². The molecule has 0 aromatic heterocycles. The third kappa shape index (κ3) is 3.09. The number of carbonyl (C=O) groups is 1. The number of rotatable bonds is 4. The number of nitrogens with one attached hydrogen (secondary N) is 2. The number of aliphatic hydroxyl groups is 1. The Balaban J connectivity index is 1.99. The average molecular weight is 342 g/mol. The van der Waals surface area contributed by atoms with Crippen molar-refractivity contribution in [2.75, 3.05) is 4.90 Å². The van der Waals surface area contributed by atoms with E-state index in [4.69, 9.17) is 18.0 Å². The van der Waals surface area contributed by atoms with Crippen molar-refractivity contribution in [2.45, 2.75) is 18.2 Å². The lowest BCUT2D eigenvalue weighted by Crippen LogP contribution is -2.59. The zero-order valence-electron chi connectivity index (χ0n) is 12.8. The Morgan fingerprint density at radius 1 is 1.17 bits per heavy atom. The largest absolute Gasteiger partial charge is 0.375 e. The Bertz CT molecular complexity index is 741. The maximum absolute atomic E-state index is 12.9. The van der Waals surface area contributed by atoms with Gasteiger partial charge in [-0.1, -0.05) is 48.5 Å². The molecule has 0 unspecified atom stereocenters. The first-order chi connectivity index (χ1) is 11.5. The number of amides is 1. The third-order valence-corrected chi connectivity index (χ3v) is 4.09. The van der Waals surface area contributed by atoms with Gasteiger partial charge in [-0.3, -0.25) is 10.2 Å². The van der Waals surface area contributed by atoms with Gasteiger partial charge in [0.05, 0.1) is 6.04 Å². The molecule has 0 saturated carbocycles. The van der Waals surface area contributed by atoms with Crippen LogP contribution in [0, 0.1) is 0 Å². The summed E-state index contributed by atoms with van der Waals surface area (Å²) in [5, 5.41) is 10.7. The number of hydrogen-bond donors (Lipinski definition) is 4. The van der Waals surface area contributed by atoms with Gasteiger partial charge in [-0.25, -0.2) is 0 Å². The fraction of sp³-hybridized carbons (Fsp3) is 0.176. The normalized spacial score (nSPS) is 23.3. The molecule has 3 rings (SSSR count). The standard InChI is InChI=1S/C17H18N4O2S/c18-16(24)19-20-17(23)11-14(12-7-3-1-4-8-12)21(15(17)22)13-9-5-2-6-10-13/h1-10,14,20,23H,11H2,(H3,18,19,24)/t14-,17+/m0/s1.